The number of hydrogen-bond acceptors (Lipinski definition) is 6. The highest BCUT2D eigenvalue weighted by Crippen LogP contribution is 2.37. The van der Waals surface area contributed by atoms with Crippen LogP contribution in [-0.4, -0.2) is 32.3 Å². The van der Waals surface area contributed by atoms with Gasteiger partial charge in [-0.05, 0) is 41.3 Å². The van der Waals surface area contributed by atoms with Crippen LogP contribution in [0.5, 0.6) is 5.75 Å². The lowest BCUT2D eigenvalue weighted by molar-refractivity contribution is 0.417. The largest absolute Gasteiger partial charge is 0.495 e. The highest BCUT2D eigenvalue weighted by atomic mass is 32.1. The van der Waals surface area contributed by atoms with E-state index < -0.39 is 0 Å². The predicted octanol–water partition coefficient (Wildman–Crippen LogP) is 4.83. The molecule has 4 aromatic heterocycles. The van der Waals surface area contributed by atoms with Crippen molar-refractivity contribution in [3.8, 4) is 27.4 Å². The van der Waals surface area contributed by atoms with Crippen LogP contribution in [0.2, 0.25) is 0 Å². The van der Waals surface area contributed by atoms with Crippen LogP contribution < -0.4 is 10.1 Å². The molecule has 0 aliphatic rings. The molecule has 0 aliphatic carbocycles. The van der Waals surface area contributed by atoms with E-state index in [1.165, 1.54) is 11.2 Å². The van der Waals surface area contributed by atoms with Crippen LogP contribution in [0.1, 0.15) is 0 Å². The summed E-state index contributed by atoms with van der Waals surface area (Å²) in [4.78, 5) is 13.2. The van der Waals surface area contributed by atoms with Gasteiger partial charge in [0, 0.05) is 22.8 Å². The first-order valence-electron chi connectivity index (χ1n) is 8.64. The van der Waals surface area contributed by atoms with E-state index in [2.05, 4.69) is 54.0 Å². The van der Waals surface area contributed by atoms with Gasteiger partial charge < -0.3 is 15.0 Å². The molecule has 0 bridgehead atoms. The van der Waals surface area contributed by atoms with Gasteiger partial charge in [0.05, 0.1) is 23.9 Å². The molecular formula is C20H16N6OS. The standard InChI is InChI=1S/C20H16N6OS/c1-27-16-5-4-12(17-3-2-8-28-17)9-15(16)25-20-18-13(14-6-7-24-26-14)10-21-19(18)22-11-23-20/h2-11H,1H3,(H,24,26)(H2,21,22,23,25). The Hall–Kier alpha value is -3.65. The summed E-state index contributed by atoms with van der Waals surface area (Å²) in [5, 5.41) is 13.4. The number of fused-ring (bicyclic) bond motifs is 1. The second kappa shape index (κ2) is 6.82. The number of anilines is 2. The normalized spacial score (nSPS) is 11.0. The van der Waals surface area contributed by atoms with Gasteiger partial charge in [0.1, 0.15) is 23.5 Å². The molecule has 4 heterocycles. The van der Waals surface area contributed by atoms with Crippen LogP contribution in [0.4, 0.5) is 11.5 Å². The Labute approximate surface area is 164 Å². The van der Waals surface area contributed by atoms with Crippen LogP contribution in [0.15, 0.2) is 60.5 Å². The fraction of sp³-hybridized carbons (Fsp3) is 0.0500. The fourth-order valence-electron chi connectivity index (χ4n) is 3.21. The molecule has 0 amide bonds. The third-order valence-electron chi connectivity index (χ3n) is 4.52. The maximum atomic E-state index is 5.56. The van der Waals surface area contributed by atoms with Gasteiger partial charge in [-0.15, -0.1) is 11.3 Å². The van der Waals surface area contributed by atoms with Crippen LogP contribution in [0.3, 0.4) is 0 Å². The number of hydrogen-bond donors (Lipinski definition) is 3. The van der Waals surface area contributed by atoms with Gasteiger partial charge in [0.25, 0.3) is 0 Å². The van der Waals surface area contributed by atoms with Crippen LogP contribution >= 0.6 is 11.3 Å². The number of thiophene rings is 1. The lowest BCUT2D eigenvalue weighted by Crippen LogP contribution is -1.99. The van der Waals surface area contributed by atoms with Crippen molar-refractivity contribution in [2.75, 3.05) is 12.4 Å². The number of H-pyrrole nitrogens is 2. The molecule has 0 fully saturated rings. The first-order chi connectivity index (χ1) is 13.8. The van der Waals surface area contributed by atoms with E-state index in [4.69, 9.17) is 4.74 Å². The highest BCUT2D eigenvalue weighted by molar-refractivity contribution is 7.13. The van der Waals surface area contributed by atoms with Gasteiger partial charge in [-0.25, -0.2) is 9.97 Å². The number of nitrogens with zero attached hydrogens (tertiary/aromatic N) is 3. The van der Waals surface area contributed by atoms with E-state index in [0.717, 1.165) is 39.3 Å². The number of nitrogens with one attached hydrogen (secondary N) is 3. The summed E-state index contributed by atoms with van der Waals surface area (Å²) in [5.41, 5.74) is 4.54. The molecule has 138 valence electrons. The molecular weight excluding hydrogens is 372 g/mol. The summed E-state index contributed by atoms with van der Waals surface area (Å²) in [5.74, 6) is 1.43. The Morgan fingerprint density at radius 2 is 2.11 bits per heavy atom. The number of benzene rings is 1. The summed E-state index contributed by atoms with van der Waals surface area (Å²) in [7, 11) is 1.66. The van der Waals surface area contributed by atoms with Gasteiger partial charge in [-0.2, -0.15) is 5.10 Å². The van der Waals surface area contributed by atoms with Gasteiger partial charge >= 0.3 is 0 Å². The monoisotopic (exact) mass is 388 g/mol. The minimum Gasteiger partial charge on any atom is -0.495 e. The van der Waals surface area contributed by atoms with Crippen molar-refractivity contribution in [3.05, 3.63) is 60.5 Å². The second-order valence-corrected chi connectivity index (χ2v) is 7.08. The number of aromatic amines is 2. The van der Waals surface area contributed by atoms with Crippen molar-refractivity contribution in [2.24, 2.45) is 0 Å². The van der Waals surface area contributed by atoms with Crippen molar-refractivity contribution in [3.63, 3.8) is 0 Å². The van der Waals surface area contributed by atoms with Crippen molar-refractivity contribution in [2.45, 2.75) is 0 Å². The molecule has 28 heavy (non-hydrogen) atoms. The highest BCUT2D eigenvalue weighted by Gasteiger charge is 2.15. The molecule has 5 rings (SSSR count). The zero-order valence-corrected chi connectivity index (χ0v) is 15.7. The third kappa shape index (κ3) is 2.80. The second-order valence-electron chi connectivity index (χ2n) is 6.14. The number of methoxy groups -OCH3 is 1. The van der Waals surface area contributed by atoms with Crippen molar-refractivity contribution in [1.82, 2.24) is 25.1 Å². The minimum absolute atomic E-state index is 0.692. The average Bonchev–Trinajstić information content (AvgIpc) is 3.49. The van der Waals surface area contributed by atoms with Gasteiger partial charge in [0.2, 0.25) is 0 Å². The Morgan fingerprint density at radius 1 is 1.14 bits per heavy atom. The number of ether oxygens (including phenoxy) is 1. The molecule has 7 nitrogen and oxygen atoms in total. The fourth-order valence-corrected chi connectivity index (χ4v) is 3.93. The maximum absolute atomic E-state index is 5.56. The summed E-state index contributed by atoms with van der Waals surface area (Å²) in [6.45, 7) is 0. The molecule has 0 spiro atoms. The Bertz CT molecular complexity index is 1230. The summed E-state index contributed by atoms with van der Waals surface area (Å²) in [6.07, 6.45) is 5.16. The molecule has 8 heteroatoms. The Balaban J connectivity index is 1.62. The molecule has 0 unspecified atom stereocenters. The molecule has 0 atom stereocenters. The van der Waals surface area contributed by atoms with E-state index in [1.54, 1.807) is 24.6 Å². The van der Waals surface area contributed by atoms with Crippen molar-refractivity contribution < 1.29 is 4.74 Å². The first kappa shape index (κ1) is 16.5. The third-order valence-corrected chi connectivity index (χ3v) is 5.44. The topological polar surface area (TPSA) is 91.5 Å². The van der Waals surface area contributed by atoms with Crippen molar-refractivity contribution in [1.29, 1.82) is 0 Å². The number of aromatic nitrogens is 5. The lowest BCUT2D eigenvalue weighted by Gasteiger charge is -2.13. The Morgan fingerprint density at radius 3 is 2.89 bits per heavy atom. The molecule has 0 radical (unpaired) electrons. The van der Waals surface area contributed by atoms with Crippen LogP contribution in [0, 0.1) is 0 Å². The average molecular weight is 388 g/mol. The predicted molar refractivity (Wildman–Crippen MR) is 111 cm³/mol. The molecule has 0 saturated carbocycles. The zero-order valence-electron chi connectivity index (χ0n) is 14.9. The quantitative estimate of drug-likeness (QED) is 0.401. The minimum atomic E-state index is 0.692. The summed E-state index contributed by atoms with van der Waals surface area (Å²) >= 11 is 1.70. The zero-order chi connectivity index (χ0) is 18.9. The van der Waals surface area contributed by atoms with Gasteiger partial charge in [0.15, 0.2) is 0 Å². The molecule has 0 saturated heterocycles. The molecule has 0 aliphatic heterocycles. The summed E-state index contributed by atoms with van der Waals surface area (Å²) < 4.78 is 5.56. The smallest absolute Gasteiger partial charge is 0.144 e. The van der Waals surface area contributed by atoms with E-state index in [1.807, 2.05) is 24.4 Å². The molecule has 1 aromatic carbocycles. The van der Waals surface area contributed by atoms with Gasteiger partial charge in [-0.1, -0.05) is 6.07 Å². The lowest BCUT2D eigenvalue weighted by atomic mass is 10.1. The van der Waals surface area contributed by atoms with Crippen LogP contribution in [-0.2, 0) is 0 Å². The van der Waals surface area contributed by atoms with Crippen LogP contribution in [0.25, 0.3) is 32.7 Å². The van der Waals surface area contributed by atoms with E-state index in [9.17, 15) is 0 Å². The summed E-state index contributed by atoms with van der Waals surface area (Å²) in [6, 6.07) is 12.1. The number of rotatable bonds is 5. The van der Waals surface area contributed by atoms with Crippen molar-refractivity contribution >= 4 is 33.9 Å². The Kier molecular flexibility index (Phi) is 4.02. The molecule has 3 N–H and O–H groups in total. The van der Waals surface area contributed by atoms with E-state index in [-0.39, 0.29) is 0 Å². The molecule has 5 aromatic rings. The first-order valence-corrected chi connectivity index (χ1v) is 9.52. The van der Waals surface area contributed by atoms with E-state index in [0.29, 0.717) is 5.82 Å². The maximum Gasteiger partial charge on any atom is 0.144 e. The van der Waals surface area contributed by atoms with Gasteiger partial charge in [-0.3, -0.25) is 5.10 Å². The van der Waals surface area contributed by atoms with E-state index >= 15 is 0 Å². The SMILES string of the molecule is COc1ccc(-c2cccs2)cc1Nc1ncnc2[nH]cc(-c3ccn[nH]3)c12.